The van der Waals surface area contributed by atoms with Gasteiger partial charge in [-0.25, -0.2) is 0 Å². The first-order valence-electron chi connectivity index (χ1n) is 5.88. The molecule has 2 N–H and O–H groups in total. The summed E-state index contributed by atoms with van der Waals surface area (Å²) in [4.78, 5) is 2.44. The second-order valence-corrected chi connectivity index (χ2v) is 4.17. The number of unbranched alkanes of at least 4 members (excludes halogenated alkanes) is 1. The van der Waals surface area contributed by atoms with Crippen LogP contribution in [0.2, 0.25) is 0 Å². The van der Waals surface area contributed by atoms with Crippen molar-refractivity contribution in [2.45, 2.75) is 38.6 Å². The Bertz CT molecular complexity index is 141. The molecule has 0 spiro atoms. The van der Waals surface area contributed by atoms with E-state index < -0.39 is 0 Å². The van der Waals surface area contributed by atoms with Gasteiger partial charge in [0.1, 0.15) is 0 Å². The van der Waals surface area contributed by atoms with Gasteiger partial charge in [0.2, 0.25) is 0 Å². The number of nitrogens with two attached hydrogens (primary N) is 1. The Hall–Kier alpha value is -0.120. The minimum absolute atomic E-state index is 0.413. The van der Waals surface area contributed by atoms with Gasteiger partial charge in [-0.3, -0.25) is 0 Å². The maximum atomic E-state index is 5.82. The van der Waals surface area contributed by atoms with E-state index in [-0.39, 0.29) is 0 Å². The number of nitrogens with zero attached hydrogens (tertiary/aromatic N) is 1. The molecule has 3 nitrogen and oxygen atoms in total. The van der Waals surface area contributed by atoms with Crippen molar-refractivity contribution in [3.63, 3.8) is 0 Å². The molecule has 1 saturated heterocycles. The zero-order chi connectivity index (χ0) is 10.2. The lowest BCUT2D eigenvalue weighted by molar-refractivity contribution is 0.121. The van der Waals surface area contributed by atoms with Crippen LogP contribution < -0.4 is 5.73 Å². The SMILES string of the molecule is CCCCOCCCN1CCC(N)C1. The molecule has 0 aromatic rings. The molecule has 1 atom stereocenters. The van der Waals surface area contributed by atoms with Crippen molar-refractivity contribution in [3.05, 3.63) is 0 Å². The van der Waals surface area contributed by atoms with Crippen molar-refractivity contribution in [2.24, 2.45) is 5.73 Å². The van der Waals surface area contributed by atoms with Gasteiger partial charge in [0, 0.05) is 32.3 Å². The molecule has 1 heterocycles. The normalized spacial score (nSPS) is 23.1. The van der Waals surface area contributed by atoms with E-state index >= 15 is 0 Å². The van der Waals surface area contributed by atoms with Crippen LogP contribution in [-0.2, 0) is 4.74 Å². The molecule has 0 aromatic heterocycles. The summed E-state index contributed by atoms with van der Waals surface area (Å²) in [6, 6.07) is 0.413. The first-order valence-corrected chi connectivity index (χ1v) is 5.88. The van der Waals surface area contributed by atoms with Crippen LogP contribution in [-0.4, -0.2) is 43.8 Å². The molecule has 1 aliphatic heterocycles. The van der Waals surface area contributed by atoms with Gasteiger partial charge in [0.05, 0.1) is 0 Å². The van der Waals surface area contributed by atoms with Crippen molar-refractivity contribution in [1.29, 1.82) is 0 Å². The predicted molar refractivity (Wildman–Crippen MR) is 59.4 cm³/mol. The Kier molecular flexibility index (Phi) is 6.15. The van der Waals surface area contributed by atoms with E-state index in [2.05, 4.69) is 11.8 Å². The fourth-order valence-corrected chi connectivity index (χ4v) is 1.80. The largest absolute Gasteiger partial charge is 0.381 e. The summed E-state index contributed by atoms with van der Waals surface area (Å²) in [5.74, 6) is 0. The van der Waals surface area contributed by atoms with Crippen LogP contribution in [0.15, 0.2) is 0 Å². The molecule has 1 fully saturated rings. The highest BCUT2D eigenvalue weighted by Gasteiger charge is 2.17. The third-order valence-corrected chi connectivity index (χ3v) is 2.71. The second-order valence-electron chi connectivity index (χ2n) is 4.17. The summed E-state index contributed by atoms with van der Waals surface area (Å²) < 4.78 is 5.50. The Morgan fingerprint density at radius 3 is 2.79 bits per heavy atom. The lowest BCUT2D eigenvalue weighted by Crippen LogP contribution is -2.27. The Morgan fingerprint density at radius 2 is 2.14 bits per heavy atom. The van der Waals surface area contributed by atoms with E-state index in [9.17, 15) is 0 Å². The highest BCUT2D eigenvalue weighted by molar-refractivity contribution is 4.77. The molecule has 0 bridgehead atoms. The standard InChI is InChI=1S/C11H24N2O/c1-2-3-8-14-9-4-6-13-7-5-11(12)10-13/h11H,2-10,12H2,1H3. The lowest BCUT2D eigenvalue weighted by atomic mass is 10.3. The van der Waals surface area contributed by atoms with Gasteiger partial charge >= 0.3 is 0 Å². The molecule has 14 heavy (non-hydrogen) atoms. The molecule has 1 rings (SSSR count). The minimum Gasteiger partial charge on any atom is -0.381 e. The monoisotopic (exact) mass is 200 g/mol. The first kappa shape index (κ1) is 12.0. The summed E-state index contributed by atoms with van der Waals surface area (Å²) in [6.45, 7) is 7.43. The summed E-state index contributed by atoms with van der Waals surface area (Å²) in [5, 5.41) is 0. The van der Waals surface area contributed by atoms with E-state index in [4.69, 9.17) is 10.5 Å². The topological polar surface area (TPSA) is 38.5 Å². The van der Waals surface area contributed by atoms with Crippen LogP contribution >= 0.6 is 0 Å². The van der Waals surface area contributed by atoms with Crippen molar-refractivity contribution in [1.82, 2.24) is 4.90 Å². The van der Waals surface area contributed by atoms with E-state index in [1.807, 2.05) is 0 Å². The molecule has 1 aliphatic rings. The minimum atomic E-state index is 0.413. The fraction of sp³-hybridized carbons (Fsp3) is 1.00. The molecule has 84 valence electrons. The van der Waals surface area contributed by atoms with E-state index in [1.54, 1.807) is 0 Å². The maximum absolute atomic E-state index is 5.82. The molecule has 0 aromatic carbocycles. The molecule has 0 saturated carbocycles. The van der Waals surface area contributed by atoms with E-state index in [1.165, 1.54) is 19.4 Å². The molecule has 1 unspecified atom stereocenters. The quantitative estimate of drug-likeness (QED) is 0.628. The summed E-state index contributed by atoms with van der Waals surface area (Å²) in [7, 11) is 0. The van der Waals surface area contributed by atoms with Crippen LogP contribution in [0.25, 0.3) is 0 Å². The average Bonchev–Trinajstić information content (AvgIpc) is 2.58. The summed E-state index contributed by atoms with van der Waals surface area (Å²) in [6.07, 6.45) is 4.72. The number of likely N-dealkylation sites (tertiary alicyclic amines) is 1. The van der Waals surface area contributed by atoms with Gasteiger partial charge in [0.15, 0.2) is 0 Å². The highest BCUT2D eigenvalue weighted by atomic mass is 16.5. The molecular weight excluding hydrogens is 176 g/mol. The Balaban J connectivity index is 1.84. The number of ether oxygens (including phenoxy) is 1. The highest BCUT2D eigenvalue weighted by Crippen LogP contribution is 2.06. The molecule has 0 amide bonds. The van der Waals surface area contributed by atoms with E-state index in [0.717, 1.165) is 39.1 Å². The van der Waals surface area contributed by atoms with Crippen LogP contribution in [0.5, 0.6) is 0 Å². The predicted octanol–water partition coefficient (Wildman–Crippen LogP) is 1.23. The zero-order valence-corrected chi connectivity index (χ0v) is 9.37. The van der Waals surface area contributed by atoms with Crippen LogP contribution in [0.4, 0.5) is 0 Å². The van der Waals surface area contributed by atoms with Crippen molar-refractivity contribution < 1.29 is 4.74 Å². The van der Waals surface area contributed by atoms with Crippen LogP contribution in [0.1, 0.15) is 32.6 Å². The molecular formula is C11H24N2O. The third-order valence-electron chi connectivity index (χ3n) is 2.71. The van der Waals surface area contributed by atoms with Crippen molar-refractivity contribution in [2.75, 3.05) is 32.8 Å². The number of rotatable bonds is 7. The number of hydrogen-bond donors (Lipinski definition) is 1. The van der Waals surface area contributed by atoms with Gasteiger partial charge in [-0.05, 0) is 25.8 Å². The summed E-state index contributed by atoms with van der Waals surface area (Å²) in [5.41, 5.74) is 5.82. The average molecular weight is 200 g/mol. The van der Waals surface area contributed by atoms with Gasteiger partial charge in [-0.1, -0.05) is 13.3 Å². The van der Waals surface area contributed by atoms with Crippen molar-refractivity contribution >= 4 is 0 Å². The molecule has 3 heteroatoms. The van der Waals surface area contributed by atoms with Gasteiger partial charge < -0.3 is 15.4 Å². The molecule has 0 aliphatic carbocycles. The second kappa shape index (κ2) is 7.21. The van der Waals surface area contributed by atoms with Gasteiger partial charge in [0.25, 0.3) is 0 Å². The van der Waals surface area contributed by atoms with E-state index in [0.29, 0.717) is 6.04 Å². The Morgan fingerprint density at radius 1 is 1.36 bits per heavy atom. The number of hydrogen-bond acceptors (Lipinski definition) is 3. The lowest BCUT2D eigenvalue weighted by Gasteiger charge is -2.14. The maximum Gasteiger partial charge on any atom is 0.0478 e. The third kappa shape index (κ3) is 4.94. The van der Waals surface area contributed by atoms with Crippen molar-refractivity contribution in [3.8, 4) is 0 Å². The van der Waals surface area contributed by atoms with Gasteiger partial charge in [-0.15, -0.1) is 0 Å². The van der Waals surface area contributed by atoms with Crippen LogP contribution in [0, 0.1) is 0 Å². The zero-order valence-electron chi connectivity index (χ0n) is 9.37. The van der Waals surface area contributed by atoms with Crippen LogP contribution in [0.3, 0.4) is 0 Å². The smallest absolute Gasteiger partial charge is 0.0478 e. The Labute approximate surface area is 87.6 Å². The first-order chi connectivity index (χ1) is 6.83. The fourth-order valence-electron chi connectivity index (χ4n) is 1.80. The summed E-state index contributed by atoms with van der Waals surface area (Å²) >= 11 is 0. The molecule has 0 radical (unpaired) electrons. The van der Waals surface area contributed by atoms with Gasteiger partial charge in [-0.2, -0.15) is 0 Å².